The predicted octanol–water partition coefficient (Wildman–Crippen LogP) is 0.642. The molecule has 1 amide bonds. The van der Waals surface area contributed by atoms with Crippen molar-refractivity contribution in [2.75, 3.05) is 7.11 Å². The van der Waals surface area contributed by atoms with Gasteiger partial charge in [0.05, 0.1) is 12.0 Å². The van der Waals surface area contributed by atoms with E-state index in [1.807, 2.05) is 48.0 Å². The van der Waals surface area contributed by atoms with Gasteiger partial charge in [0.25, 0.3) is 12.1 Å². The average molecular weight is 433 g/mol. The Bertz CT molecular complexity index is 881. The average Bonchev–Trinajstić information content (AvgIpc) is 2.99. The highest BCUT2D eigenvalue weighted by Gasteiger charge is 2.27. The minimum Gasteiger partial charge on any atom is -1.00 e. The number of ether oxygens (including phenoxy) is 1. The highest BCUT2D eigenvalue weighted by molar-refractivity contribution is 7.09. The maximum absolute atomic E-state index is 12.8. The lowest BCUT2D eigenvalue weighted by molar-refractivity contribution is -0.718. The Morgan fingerprint density at radius 1 is 1.12 bits per heavy atom. The van der Waals surface area contributed by atoms with Gasteiger partial charge in [-0.25, -0.2) is 0 Å². The lowest BCUT2D eigenvalue weighted by Crippen LogP contribution is -3.00. The second kappa shape index (κ2) is 8.96. The standard InChI is InChI=1S/C20H20N2O2S.BrH/c1-14-15(2)25-13-22(14)19(16-8-5-4-6-9-16)21-20(23)17-10-7-11-18(12-17)24-3;/h4-13,19H,1-3H3;1H. The molecule has 3 rings (SSSR count). The molecule has 3 aromatic rings. The molecule has 0 bridgehead atoms. The van der Waals surface area contributed by atoms with Crippen molar-refractivity contribution in [2.24, 2.45) is 0 Å². The van der Waals surface area contributed by atoms with E-state index in [2.05, 4.69) is 23.7 Å². The quantitative estimate of drug-likeness (QED) is 0.601. The van der Waals surface area contributed by atoms with Crippen molar-refractivity contribution in [3.8, 4) is 5.75 Å². The Hall–Kier alpha value is -2.18. The summed E-state index contributed by atoms with van der Waals surface area (Å²) in [6, 6.07) is 17.2. The Morgan fingerprint density at radius 3 is 2.46 bits per heavy atom. The summed E-state index contributed by atoms with van der Waals surface area (Å²) in [4.78, 5) is 14.0. The van der Waals surface area contributed by atoms with Gasteiger partial charge in [0.1, 0.15) is 5.75 Å². The van der Waals surface area contributed by atoms with E-state index in [1.54, 1.807) is 30.6 Å². The van der Waals surface area contributed by atoms with Gasteiger partial charge < -0.3 is 21.7 Å². The van der Waals surface area contributed by atoms with Crippen LogP contribution in [0.3, 0.4) is 0 Å². The molecule has 2 aromatic carbocycles. The summed E-state index contributed by atoms with van der Waals surface area (Å²) in [6.07, 6.45) is -0.259. The Kier molecular flexibility index (Phi) is 6.94. The van der Waals surface area contributed by atoms with Crippen LogP contribution in [0.2, 0.25) is 0 Å². The number of carbonyl (C=O) groups excluding carboxylic acids is 1. The van der Waals surface area contributed by atoms with Gasteiger partial charge in [-0.15, -0.1) is 0 Å². The summed E-state index contributed by atoms with van der Waals surface area (Å²) in [6.45, 7) is 4.15. The summed E-state index contributed by atoms with van der Waals surface area (Å²) in [5, 5.41) is 3.15. The minimum absolute atomic E-state index is 0. The third-order valence-corrected chi connectivity index (χ3v) is 5.21. The van der Waals surface area contributed by atoms with Crippen LogP contribution in [0.25, 0.3) is 0 Å². The van der Waals surface area contributed by atoms with Crippen molar-refractivity contribution < 1.29 is 31.1 Å². The number of benzene rings is 2. The highest BCUT2D eigenvalue weighted by Crippen LogP contribution is 2.18. The van der Waals surface area contributed by atoms with E-state index in [0.29, 0.717) is 11.3 Å². The van der Waals surface area contributed by atoms with Gasteiger partial charge in [-0.3, -0.25) is 10.1 Å². The molecule has 1 atom stereocenters. The summed E-state index contributed by atoms with van der Waals surface area (Å²) in [5.41, 5.74) is 4.80. The number of halogens is 1. The smallest absolute Gasteiger partial charge is 0.261 e. The number of rotatable bonds is 5. The van der Waals surface area contributed by atoms with Crippen molar-refractivity contribution in [1.29, 1.82) is 0 Å². The zero-order valence-corrected chi connectivity index (χ0v) is 17.3. The van der Waals surface area contributed by atoms with Crippen LogP contribution < -0.4 is 31.6 Å². The number of amides is 1. The van der Waals surface area contributed by atoms with Gasteiger partial charge in [-0.1, -0.05) is 47.7 Å². The van der Waals surface area contributed by atoms with E-state index in [-0.39, 0.29) is 29.1 Å². The monoisotopic (exact) mass is 432 g/mol. The summed E-state index contributed by atoms with van der Waals surface area (Å²) in [7, 11) is 1.59. The van der Waals surface area contributed by atoms with Gasteiger partial charge in [0.2, 0.25) is 5.51 Å². The SMILES string of the molecule is COc1cccc(C(=O)NC(c2ccccc2)[n+]2csc(C)c2C)c1.[Br-]. The van der Waals surface area contributed by atoms with Gasteiger partial charge in [0, 0.05) is 18.1 Å². The molecule has 1 aromatic heterocycles. The van der Waals surface area contributed by atoms with Gasteiger partial charge >= 0.3 is 0 Å². The van der Waals surface area contributed by atoms with E-state index < -0.39 is 0 Å². The Morgan fingerprint density at radius 2 is 1.85 bits per heavy atom. The molecule has 0 radical (unpaired) electrons. The van der Waals surface area contributed by atoms with Gasteiger partial charge in [0.15, 0.2) is 5.69 Å². The normalized spacial score (nSPS) is 11.3. The number of hydrogen-bond acceptors (Lipinski definition) is 3. The first-order valence-electron chi connectivity index (χ1n) is 8.06. The third-order valence-electron chi connectivity index (χ3n) is 4.23. The lowest BCUT2D eigenvalue weighted by Gasteiger charge is -2.15. The highest BCUT2D eigenvalue weighted by atomic mass is 79.9. The van der Waals surface area contributed by atoms with E-state index in [1.165, 1.54) is 4.88 Å². The van der Waals surface area contributed by atoms with E-state index in [0.717, 1.165) is 11.3 Å². The number of methoxy groups -OCH3 is 1. The maximum atomic E-state index is 12.8. The second-order valence-electron chi connectivity index (χ2n) is 5.79. The zero-order valence-electron chi connectivity index (χ0n) is 14.9. The molecule has 0 fully saturated rings. The fourth-order valence-corrected chi connectivity index (χ4v) is 3.48. The molecule has 1 heterocycles. The predicted molar refractivity (Wildman–Crippen MR) is 99.0 cm³/mol. The molecular formula is C20H21BrN2O2S. The first kappa shape index (κ1) is 20.1. The van der Waals surface area contributed by atoms with E-state index >= 15 is 0 Å². The van der Waals surface area contributed by atoms with Crippen LogP contribution in [0.1, 0.15) is 32.7 Å². The fraction of sp³-hybridized carbons (Fsp3) is 0.200. The number of hydrogen-bond donors (Lipinski definition) is 1. The van der Waals surface area contributed by atoms with Gasteiger partial charge in [-0.2, -0.15) is 4.57 Å². The molecular weight excluding hydrogens is 412 g/mol. The van der Waals surface area contributed by atoms with E-state index in [9.17, 15) is 4.79 Å². The molecule has 6 heteroatoms. The summed E-state index contributed by atoms with van der Waals surface area (Å²) < 4.78 is 7.32. The van der Waals surface area contributed by atoms with Crippen molar-refractivity contribution >= 4 is 17.2 Å². The first-order valence-corrected chi connectivity index (χ1v) is 8.94. The molecule has 0 saturated heterocycles. The van der Waals surface area contributed by atoms with Crippen molar-refractivity contribution in [3.05, 3.63) is 81.8 Å². The molecule has 1 unspecified atom stereocenters. The fourth-order valence-electron chi connectivity index (χ4n) is 2.66. The number of thiazole rings is 1. The molecule has 0 saturated carbocycles. The molecule has 0 aliphatic rings. The minimum atomic E-state index is -0.259. The van der Waals surface area contributed by atoms with Crippen molar-refractivity contribution in [1.82, 2.24) is 5.32 Å². The van der Waals surface area contributed by atoms with Crippen LogP contribution in [-0.4, -0.2) is 13.0 Å². The van der Waals surface area contributed by atoms with Crippen molar-refractivity contribution in [3.63, 3.8) is 0 Å². The molecule has 0 spiro atoms. The number of aryl methyl sites for hydroxylation is 1. The molecule has 1 N–H and O–H groups in total. The number of nitrogens with zero attached hydrogens (tertiary/aromatic N) is 1. The Balaban J connectivity index is 0.00000243. The van der Waals surface area contributed by atoms with Crippen LogP contribution in [0.4, 0.5) is 0 Å². The van der Waals surface area contributed by atoms with Crippen LogP contribution in [-0.2, 0) is 0 Å². The summed E-state index contributed by atoms with van der Waals surface area (Å²) >= 11 is 1.67. The van der Waals surface area contributed by atoms with Crippen molar-refractivity contribution in [2.45, 2.75) is 20.0 Å². The van der Waals surface area contributed by atoms with Crippen LogP contribution >= 0.6 is 11.3 Å². The first-order chi connectivity index (χ1) is 12.1. The van der Waals surface area contributed by atoms with Crippen LogP contribution in [0, 0.1) is 13.8 Å². The Labute approximate surface area is 168 Å². The topological polar surface area (TPSA) is 42.2 Å². The number of nitrogens with one attached hydrogen (secondary N) is 1. The largest absolute Gasteiger partial charge is 1.00 e. The molecule has 4 nitrogen and oxygen atoms in total. The van der Waals surface area contributed by atoms with E-state index in [4.69, 9.17) is 4.74 Å². The van der Waals surface area contributed by atoms with Crippen LogP contribution in [0.5, 0.6) is 5.75 Å². The lowest BCUT2D eigenvalue weighted by atomic mass is 10.1. The molecule has 136 valence electrons. The van der Waals surface area contributed by atoms with Gasteiger partial charge in [-0.05, 0) is 25.1 Å². The number of carbonyl (C=O) groups is 1. The molecule has 26 heavy (non-hydrogen) atoms. The third kappa shape index (κ3) is 4.31. The molecule has 0 aliphatic heterocycles. The molecule has 0 aliphatic carbocycles. The maximum Gasteiger partial charge on any atom is 0.261 e. The summed E-state index contributed by atoms with van der Waals surface area (Å²) in [5.74, 6) is 0.530. The number of aromatic nitrogens is 1. The second-order valence-corrected chi connectivity index (χ2v) is 6.85. The van der Waals surface area contributed by atoms with Crippen LogP contribution in [0.15, 0.2) is 60.1 Å². The zero-order chi connectivity index (χ0) is 17.8.